The van der Waals surface area contributed by atoms with Crippen molar-refractivity contribution in [3.05, 3.63) is 12.1 Å². The van der Waals surface area contributed by atoms with Crippen LogP contribution in [0.15, 0.2) is 12.1 Å². The molecular formula is C11H18N4. The Bertz CT molecular complexity index is 360. The first-order valence-corrected chi connectivity index (χ1v) is 5.34. The molecule has 0 amide bonds. The average Bonchev–Trinajstić information content (AvgIpc) is 3.03. The molecule has 4 nitrogen and oxygen atoms in total. The lowest BCUT2D eigenvalue weighted by Gasteiger charge is -2.26. The second kappa shape index (κ2) is 3.61. The van der Waals surface area contributed by atoms with Crippen LogP contribution in [0, 0.1) is 5.92 Å². The Morgan fingerprint density at radius 1 is 1.40 bits per heavy atom. The number of rotatable bonds is 3. The molecule has 4 heteroatoms. The van der Waals surface area contributed by atoms with Gasteiger partial charge >= 0.3 is 0 Å². The van der Waals surface area contributed by atoms with Gasteiger partial charge in [-0.25, -0.2) is 4.98 Å². The van der Waals surface area contributed by atoms with Crippen LogP contribution in [0.4, 0.5) is 17.3 Å². The van der Waals surface area contributed by atoms with Crippen LogP contribution in [0.5, 0.6) is 0 Å². The SMILES string of the molecule is CC(C1CC1)N(C)c1ccc(N)c(N)n1. The monoisotopic (exact) mass is 206 g/mol. The van der Waals surface area contributed by atoms with Crippen LogP contribution in [-0.4, -0.2) is 18.1 Å². The minimum atomic E-state index is 0.419. The maximum atomic E-state index is 5.69. The fourth-order valence-electron chi connectivity index (χ4n) is 1.77. The third-order valence-electron chi connectivity index (χ3n) is 3.22. The number of hydrogen-bond donors (Lipinski definition) is 2. The number of hydrogen-bond acceptors (Lipinski definition) is 4. The molecule has 1 fully saturated rings. The van der Waals surface area contributed by atoms with E-state index in [4.69, 9.17) is 11.5 Å². The zero-order valence-corrected chi connectivity index (χ0v) is 9.27. The molecule has 1 aromatic heterocycles. The van der Waals surface area contributed by atoms with Gasteiger partial charge in [0, 0.05) is 13.1 Å². The van der Waals surface area contributed by atoms with E-state index < -0.39 is 0 Å². The van der Waals surface area contributed by atoms with Gasteiger partial charge in [0.25, 0.3) is 0 Å². The molecule has 1 atom stereocenters. The first kappa shape index (κ1) is 10.1. The number of aromatic nitrogens is 1. The first-order valence-electron chi connectivity index (χ1n) is 5.34. The van der Waals surface area contributed by atoms with E-state index in [9.17, 15) is 0 Å². The second-order valence-electron chi connectivity index (χ2n) is 4.33. The molecule has 4 N–H and O–H groups in total. The third kappa shape index (κ3) is 1.98. The number of anilines is 3. The quantitative estimate of drug-likeness (QED) is 0.786. The van der Waals surface area contributed by atoms with E-state index in [2.05, 4.69) is 23.9 Å². The maximum absolute atomic E-state index is 5.69. The first-order chi connectivity index (χ1) is 7.09. The summed E-state index contributed by atoms with van der Waals surface area (Å²) in [5, 5.41) is 0. The van der Waals surface area contributed by atoms with Crippen LogP contribution in [0.3, 0.4) is 0 Å². The molecule has 0 radical (unpaired) electrons. The van der Waals surface area contributed by atoms with Crippen molar-refractivity contribution >= 4 is 17.3 Å². The Morgan fingerprint density at radius 2 is 2.07 bits per heavy atom. The predicted molar refractivity (Wildman–Crippen MR) is 63.7 cm³/mol. The molecule has 0 aromatic carbocycles. The molecule has 1 aliphatic carbocycles. The van der Waals surface area contributed by atoms with Gasteiger partial charge in [-0.2, -0.15) is 0 Å². The highest BCUT2D eigenvalue weighted by molar-refractivity contribution is 5.62. The van der Waals surface area contributed by atoms with Gasteiger partial charge in [-0.1, -0.05) is 0 Å². The molecular weight excluding hydrogens is 188 g/mol. The van der Waals surface area contributed by atoms with Crippen molar-refractivity contribution in [3.63, 3.8) is 0 Å². The van der Waals surface area contributed by atoms with E-state index in [1.165, 1.54) is 12.8 Å². The predicted octanol–water partition coefficient (Wildman–Crippen LogP) is 1.48. The van der Waals surface area contributed by atoms with Gasteiger partial charge in [-0.3, -0.25) is 0 Å². The topological polar surface area (TPSA) is 68.2 Å². The fourth-order valence-corrected chi connectivity index (χ4v) is 1.77. The van der Waals surface area contributed by atoms with Crippen molar-refractivity contribution in [2.24, 2.45) is 5.92 Å². The van der Waals surface area contributed by atoms with Gasteiger partial charge in [0.15, 0.2) is 0 Å². The Kier molecular flexibility index (Phi) is 2.42. The molecule has 1 aromatic rings. The second-order valence-corrected chi connectivity index (χ2v) is 4.33. The Labute approximate surface area is 90.3 Å². The van der Waals surface area contributed by atoms with Crippen molar-refractivity contribution in [1.29, 1.82) is 0 Å². The summed E-state index contributed by atoms with van der Waals surface area (Å²) in [4.78, 5) is 6.46. The zero-order chi connectivity index (χ0) is 11.0. The molecule has 0 saturated heterocycles. The van der Waals surface area contributed by atoms with Crippen LogP contribution in [0.2, 0.25) is 0 Å². The minimum Gasteiger partial charge on any atom is -0.396 e. The summed E-state index contributed by atoms with van der Waals surface area (Å²) in [5.74, 6) is 2.14. The van der Waals surface area contributed by atoms with Crippen molar-refractivity contribution in [1.82, 2.24) is 4.98 Å². The van der Waals surface area contributed by atoms with Crippen LogP contribution in [-0.2, 0) is 0 Å². The largest absolute Gasteiger partial charge is 0.396 e. The highest BCUT2D eigenvalue weighted by atomic mass is 15.2. The summed E-state index contributed by atoms with van der Waals surface area (Å²) in [6.07, 6.45) is 2.66. The summed E-state index contributed by atoms with van der Waals surface area (Å²) < 4.78 is 0. The molecule has 1 saturated carbocycles. The van der Waals surface area contributed by atoms with Crippen LogP contribution >= 0.6 is 0 Å². The highest BCUT2D eigenvalue weighted by Gasteiger charge is 2.31. The van der Waals surface area contributed by atoms with Crippen LogP contribution in [0.1, 0.15) is 19.8 Å². The average molecular weight is 206 g/mol. The van der Waals surface area contributed by atoms with E-state index in [-0.39, 0.29) is 0 Å². The lowest BCUT2D eigenvalue weighted by Crippen LogP contribution is -2.31. The number of pyridine rings is 1. The normalized spacial score (nSPS) is 17.5. The number of nitrogen functional groups attached to an aromatic ring is 2. The van der Waals surface area contributed by atoms with Gasteiger partial charge in [0.2, 0.25) is 0 Å². The smallest absolute Gasteiger partial charge is 0.149 e. The van der Waals surface area contributed by atoms with Gasteiger partial charge in [0.1, 0.15) is 11.6 Å². The van der Waals surface area contributed by atoms with E-state index >= 15 is 0 Å². The zero-order valence-electron chi connectivity index (χ0n) is 9.27. The van der Waals surface area contributed by atoms with E-state index in [0.29, 0.717) is 17.5 Å². The fraction of sp³-hybridized carbons (Fsp3) is 0.545. The summed E-state index contributed by atoms with van der Waals surface area (Å²) in [5.41, 5.74) is 11.9. The molecule has 82 valence electrons. The van der Waals surface area contributed by atoms with Gasteiger partial charge in [-0.05, 0) is 37.8 Å². The molecule has 0 spiro atoms. The Balaban J connectivity index is 2.17. The van der Waals surface area contributed by atoms with Crippen molar-refractivity contribution < 1.29 is 0 Å². The highest BCUT2D eigenvalue weighted by Crippen LogP contribution is 2.36. The van der Waals surface area contributed by atoms with Crippen molar-refractivity contribution in [2.75, 3.05) is 23.4 Å². The van der Waals surface area contributed by atoms with E-state index in [0.717, 1.165) is 11.7 Å². The summed E-state index contributed by atoms with van der Waals surface area (Å²) >= 11 is 0. The van der Waals surface area contributed by atoms with Gasteiger partial charge < -0.3 is 16.4 Å². The molecule has 1 heterocycles. The minimum absolute atomic E-state index is 0.419. The molecule has 0 aliphatic heterocycles. The van der Waals surface area contributed by atoms with Crippen molar-refractivity contribution in [2.45, 2.75) is 25.8 Å². The lowest BCUT2D eigenvalue weighted by molar-refractivity contribution is 0.604. The standard InChI is InChI=1S/C11H18N4/c1-7(8-3-4-8)15(2)10-6-5-9(12)11(13)14-10/h5-8H,3-4,12H2,1-2H3,(H2,13,14). The van der Waals surface area contributed by atoms with E-state index in [1.54, 1.807) is 0 Å². The van der Waals surface area contributed by atoms with Crippen molar-refractivity contribution in [3.8, 4) is 0 Å². The summed E-state index contributed by atoms with van der Waals surface area (Å²) in [6, 6.07) is 4.26. The molecule has 0 bridgehead atoms. The van der Waals surface area contributed by atoms with Gasteiger partial charge in [-0.15, -0.1) is 0 Å². The molecule has 1 unspecified atom stereocenters. The lowest BCUT2D eigenvalue weighted by atomic mass is 10.2. The van der Waals surface area contributed by atoms with Crippen LogP contribution in [0.25, 0.3) is 0 Å². The molecule has 2 rings (SSSR count). The summed E-state index contributed by atoms with van der Waals surface area (Å²) in [6.45, 7) is 2.23. The van der Waals surface area contributed by atoms with Gasteiger partial charge in [0.05, 0.1) is 5.69 Å². The number of nitrogens with zero attached hydrogens (tertiary/aromatic N) is 2. The van der Waals surface area contributed by atoms with E-state index in [1.807, 2.05) is 12.1 Å². The summed E-state index contributed by atoms with van der Waals surface area (Å²) in [7, 11) is 2.06. The molecule has 15 heavy (non-hydrogen) atoms. The Hall–Kier alpha value is -1.45. The molecule has 1 aliphatic rings. The Morgan fingerprint density at radius 3 is 2.60 bits per heavy atom. The van der Waals surface area contributed by atoms with Crippen LogP contribution < -0.4 is 16.4 Å². The number of nitrogens with two attached hydrogens (primary N) is 2. The maximum Gasteiger partial charge on any atom is 0.149 e. The third-order valence-corrected chi connectivity index (χ3v) is 3.22.